The van der Waals surface area contributed by atoms with Gasteiger partial charge in [0.15, 0.2) is 5.65 Å². The summed E-state index contributed by atoms with van der Waals surface area (Å²) in [5.41, 5.74) is 0.859. The molecule has 1 N–H and O–H groups in total. The quantitative estimate of drug-likeness (QED) is 0.783. The maximum Gasteiger partial charge on any atom is 0.170 e. The zero-order valence-corrected chi connectivity index (χ0v) is 12.7. The van der Waals surface area contributed by atoms with Crippen LogP contribution in [0, 0.1) is 0 Å². The smallest absolute Gasteiger partial charge is 0.170 e. The highest BCUT2D eigenvalue weighted by Gasteiger charge is 2.09. The van der Waals surface area contributed by atoms with Gasteiger partial charge in [-0.2, -0.15) is 0 Å². The largest absolute Gasteiger partial charge is 0.497 e. The van der Waals surface area contributed by atoms with E-state index in [1.807, 2.05) is 41.1 Å². The summed E-state index contributed by atoms with van der Waals surface area (Å²) in [6, 6.07) is 7.92. The monoisotopic (exact) mass is 300 g/mol. The van der Waals surface area contributed by atoms with E-state index in [1.54, 1.807) is 25.1 Å². The topological polar surface area (TPSA) is 51.5 Å². The number of benzene rings is 1. The molecule has 1 aromatic carbocycles. The average Bonchev–Trinajstić information content (AvgIpc) is 2.97. The van der Waals surface area contributed by atoms with Crippen LogP contribution in [0.15, 0.2) is 52.8 Å². The van der Waals surface area contributed by atoms with E-state index in [-0.39, 0.29) is 0 Å². The number of anilines is 1. The molecule has 0 bridgehead atoms. The molecule has 108 valence electrons. The first-order valence-electron chi connectivity index (χ1n) is 6.69. The van der Waals surface area contributed by atoms with E-state index in [2.05, 4.69) is 22.2 Å². The molecule has 0 saturated carbocycles. The van der Waals surface area contributed by atoms with Crippen molar-refractivity contribution in [3.8, 4) is 5.75 Å². The second kappa shape index (κ2) is 6.05. The molecule has 6 heteroatoms. The second-order valence-electron chi connectivity index (χ2n) is 4.40. The van der Waals surface area contributed by atoms with Crippen molar-refractivity contribution in [1.82, 2.24) is 14.4 Å². The Morgan fingerprint density at radius 3 is 2.81 bits per heavy atom. The Bertz CT molecular complexity index is 739. The number of hydrogen-bond acceptors (Lipinski definition) is 5. The van der Waals surface area contributed by atoms with E-state index in [4.69, 9.17) is 4.74 Å². The molecule has 0 amide bonds. The zero-order chi connectivity index (χ0) is 14.7. The van der Waals surface area contributed by atoms with Crippen LogP contribution in [0.1, 0.15) is 6.92 Å². The van der Waals surface area contributed by atoms with Crippen molar-refractivity contribution in [2.75, 3.05) is 19.0 Å². The standard InChI is InChI=1S/C15H16N4OS/c1-3-16-13-10-19-9-8-17-14(19)15(18-13)21-12-6-4-11(20-2)5-7-12/h4-10,16H,3H2,1-2H3. The van der Waals surface area contributed by atoms with Gasteiger partial charge in [0.25, 0.3) is 0 Å². The molecule has 0 spiro atoms. The molecular weight excluding hydrogens is 284 g/mol. The lowest BCUT2D eigenvalue weighted by Gasteiger charge is -2.08. The number of nitrogens with zero attached hydrogens (tertiary/aromatic N) is 3. The third-order valence-electron chi connectivity index (χ3n) is 2.98. The number of hydrogen-bond donors (Lipinski definition) is 1. The Balaban J connectivity index is 1.95. The molecule has 0 saturated heterocycles. The lowest BCUT2D eigenvalue weighted by molar-refractivity contribution is 0.414. The summed E-state index contributed by atoms with van der Waals surface area (Å²) in [5, 5.41) is 4.12. The van der Waals surface area contributed by atoms with Crippen LogP contribution in [0.4, 0.5) is 5.82 Å². The summed E-state index contributed by atoms with van der Waals surface area (Å²) in [6.07, 6.45) is 5.66. The van der Waals surface area contributed by atoms with Gasteiger partial charge in [0, 0.05) is 23.8 Å². The molecule has 3 aromatic rings. The van der Waals surface area contributed by atoms with Gasteiger partial charge < -0.3 is 14.5 Å². The SMILES string of the molecule is CCNc1cn2ccnc2c(Sc2ccc(OC)cc2)n1. The first-order chi connectivity index (χ1) is 10.3. The van der Waals surface area contributed by atoms with Gasteiger partial charge in [-0.3, -0.25) is 0 Å². The molecular formula is C15H16N4OS. The minimum Gasteiger partial charge on any atom is -0.497 e. The van der Waals surface area contributed by atoms with E-state index in [0.717, 1.165) is 33.7 Å². The Morgan fingerprint density at radius 2 is 2.10 bits per heavy atom. The number of rotatable bonds is 5. The first kappa shape index (κ1) is 13.8. The molecule has 0 radical (unpaired) electrons. The van der Waals surface area contributed by atoms with Crippen LogP contribution >= 0.6 is 11.8 Å². The Kier molecular flexibility index (Phi) is 3.96. The van der Waals surface area contributed by atoms with Crippen LogP contribution in [0.25, 0.3) is 5.65 Å². The lowest BCUT2D eigenvalue weighted by Crippen LogP contribution is -2.02. The van der Waals surface area contributed by atoms with Crippen molar-refractivity contribution >= 4 is 23.2 Å². The molecule has 5 nitrogen and oxygen atoms in total. The molecule has 3 rings (SSSR count). The fourth-order valence-electron chi connectivity index (χ4n) is 1.99. The van der Waals surface area contributed by atoms with Crippen molar-refractivity contribution in [3.05, 3.63) is 42.9 Å². The first-order valence-corrected chi connectivity index (χ1v) is 7.51. The Labute approximate surface area is 127 Å². The third-order valence-corrected chi connectivity index (χ3v) is 3.95. The van der Waals surface area contributed by atoms with Crippen LogP contribution in [0.3, 0.4) is 0 Å². The summed E-state index contributed by atoms with van der Waals surface area (Å²) in [5.74, 6) is 1.69. The van der Waals surface area contributed by atoms with Crippen molar-refractivity contribution in [2.24, 2.45) is 0 Å². The normalized spacial score (nSPS) is 10.8. The van der Waals surface area contributed by atoms with Crippen molar-refractivity contribution in [2.45, 2.75) is 16.8 Å². The molecule has 0 fully saturated rings. The van der Waals surface area contributed by atoms with E-state index in [9.17, 15) is 0 Å². The molecule has 0 aliphatic heterocycles. The number of methoxy groups -OCH3 is 1. The molecule has 2 aromatic heterocycles. The lowest BCUT2D eigenvalue weighted by atomic mass is 10.3. The van der Waals surface area contributed by atoms with Crippen LogP contribution in [-0.4, -0.2) is 28.0 Å². The van der Waals surface area contributed by atoms with Crippen molar-refractivity contribution in [1.29, 1.82) is 0 Å². The highest BCUT2D eigenvalue weighted by Crippen LogP contribution is 2.30. The van der Waals surface area contributed by atoms with Gasteiger partial charge in [-0.1, -0.05) is 11.8 Å². The van der Waals surface area contributed by atoms with Crippen LogP contribution in [-0.2, 0) is 0 Å². The summed E-state index contributed by atoms with van der Waals surface area (Å²) in [7, 11) is 1.66. The maximum absolute atomic E-state index is 5.18. The number of aromatic nitrogens is 3. The highest BCUT2D eigenvalue weighted by atomic mass is 32.2. The third kappa shape index (κ3) is 2.95. The molecule has 0 unspecified atom stereocenters. The highest BCUT2D eigenvalue weighted by molar-refractivity contribution is 7.99. The maximum atomic E-state index is 5.18. The number of nitrogens with one attached hydrogen (secondary N) is 1. The van der Waals surface area contributed by atoms with Crippen molar-refractivity contribution in [3.63, 3.8) is 0 Å². The molecule has 0 aliphatic rings. The summed E-state index contributed by atoms with van der Waals surface area (Å²) in [4.78, 5) is 10.1. The predicted octanol–water partition coefficient (Wildman–Crippen LogP) is 3.32. The van der Waals surface area contributed by atoms with Crippen LogP contribution in [0.5, 0.6) is 5.75 Å². The van der Waals surface area contributed by atoms with E-state index >= 15 is 0 Å². The van der Waals surface area contributed by atoms with Gasteiger partial charge in [-0.05, 0) is 31.2 Å². The zero-order valence-electron chi connectivity index (χ0n) is 11.9. The number of ether oxygens (including phenoxy) is 1. The van der Waals surface area contributed by atoms with Crippen LogP contribution < -0.4 is 10.1 Å². The Hall–Kier alpha value is -2.21. The molecule has 2 heterocycles. The summed E-state index contributed by atoms with van der Waals surface area (Å²) in [6.45, 7) is 2.88. The number of imidazole rings is 1. The van der Waals surface area contributed by atoms with Crippen molar-refractivity contribution < 1.29 is 4.74 Å². The van der Waals surface area contributed by atoms with Gasteiger partial charge in [-0.15, -0.1) is 0 Å². The second-order valence-corrected chi connectivity index (χ2v) is 5.46. The molecule has 0 atom stereocenters. The van der Waals surface area contributed by atoms with Crippen LogP contribution in [0.2, 0.25) is 0 Å². The molecule has 21 heavy (non-hydrogen) atoms. The minimum atomic E-state index is 0.833. The van der Waals surface area contributed by atoms with E-state index < -0.39 is 0 Å². The van der Waals surface area contributed by atoms with Gasteiger partial charge in [0.2, 0.25) is 0 Å². The van der Waals surface area contributed by atoms with Gasteiger partial charge in [-0.25, -0.2) is 9.97 Å². The van der Waals surface area contributed by atoms with Gasteiger partial charge in [0.1, 0.15) is 16.6 Å². The van der Waals surface area contributed by atoms with Gasteiger partial charge >= 0.3 is 0 Å². The van der Waals surface area contributed by atoms with E-state index in [0.29, 0.717) is 0 Å². The fraction of sp³-hybridized carbons (Fsp3) is 0.200. The Morgan fingerprint density at radius 1 is 1.29 bits per heavy atom. The minimum absolute atomic E-state index is 0.833. The average molecular weight is 300 g/mol. The summed E-state index contributed by atoms with van der Waals surface area (Å²) < 4.78 is 7.16. The molecule has 0 aliphatic carbocycles. The predicted molar refractivity (Wildman–Crippen MR) is 84.3 cm³/mol. The summed E-state index contributed by atoms with van der Waals surface area (Å²) >= 11 is 1.59. The van der Waals surface area contributed by atoms with E-state index in [1.165, 1.54) is 0 Å². The van der Waals surface area contributed by atoms with Gasteiger partial charge in [0.05, 0.1) is 13.3 Å². The number of fused-ring (bicyclic) bond motifs is 1. The fourth-order valence-corrected chi connectivity index (χ4v) is 2.88.